The summed E-state index contributed by atoms with van der Waals surface area (Å²) in [5.41, 5.74) is 0. The third kappa shape index (κ3) is 12.1. The van der Waals surface area contributed by atoms with Crippen LogP contribution < -0.4 is 5.32 Å². The zero-order valence-corrected chi connectivity index (χ0v) is 12.0. The Labute approximate surface area is 107 Å². The summed E-state index contributed by atoms with van der Waals surface area (Å²) in [5.74, 6) is 0. The van der Waals surface area contributed by atoms with Crippen molar-refractivity contribution in [3.8, 4) is 0 Å². The predicted molar refractivity (Wildman–Crippen MR) is 73.5 cm³/mol. The van der Waals surface area contributed by atoms with Crippen LogP contribution in [0.25, 0.3) is 0 Å². The van der Waals surface area contributed by atoms with Crippen LogP contribution in [0.5, 0.6) is 0 Å². The lowest BCUT2D eigenvalue weighted by Gasteiger charge is -2.17. The summed E-state index contributed by atoms with van der Waals surface area (Å²) in [4.78, 5) is 0. The highest BCUT2D eigenvalue weighted by Gasteiger charge is 2.06. The number of ether oxygens (including phenoxy) is 2. The number of rotatable bonds is 13. The standard InChI is InChI=1S/C14H31NO2/c1-4-6-7-8-9-10-14(15-5-2)13-17-12-11-16-3/h14-15H,4-13H2,1-3H3. The van der Waals surface area contributed by atoms with Crippen LogP contribution in [0.1, 0.15) is 52.4 Å². The van der Waals surface area contributed by atoms with Gasteiger partial charge in [-0.25, -0.2) is 0 Å². The first-order valence-corrected chi connectivity index (χ1v) is 7.15. The van der Waals surface area contributed by atoms with E-state index >= 15 is 0 Å². The van der Waals surface area contributed by atoms with E-state index in [0.29, 0.717) is 19.3 Å². The number of likely N-dealkylation sites (N-methyl/N-ethyl adjacent to an activating group) is 1. The maximum absolute atomic E-state index is 5.58. The molecular formula is C14H31NO2. The summed E-state index contributed by atoms with van der Waals surface area (Å²) in [6, 6.07) is 0.512. The second kappa shape index (κ2) is 13.9. The van der Waals surface area contributed by atoms with E-state index in [1.165, 1.54) is 38.5 Å². The Morgan fingerprint density at radius 1 is 1.00 bits per heavy atom. The highest BCUT2D eigenvalue weighted by molar-refractivity contribution is 4.65. The molecule has 0 bridgehead atoms. The van der Waals surface area contributed by atoms with E-state index < -0.39 is 0 Å². The molecule has 3 nitrogen and oxygen atoms in total. The lowest BCUT2D eigenvalue weighted by molar-refractivity contribution is 0.0573. The number of hydrogen-bond acceptors (Lipinski definition) is 3. The highest BCUT2D eigenvalue weighted by atomic mass is 16.5. The molecule has 0 amide bonds. The zero-order chi connectivity index (χ0) is 12.8. The molecule has 0 spiro atoms. The minimum Gasteiger partial charge on any atom is -0.382 e. The minimum atomic E-state index is 0.512. The molecule has 0 aliphatic carbocycles. The van der Waals surface area contributed by atoms with Gasteiger partial charge in [0.15, 0.2) is 0 Å². The molecule has 104 valence electrons. The fraction of sp³-hybridized carbons (Fsp3) is 1.00. The summed E-state index contributed by atoms with van der Waals surface area (Å²) in [6.45, 7) is 7.63. The van der Waals surface area contributed by atoms with Crippen LogP contribution in [0, 0.1) is 0 Å². The minimum absolute atomic E-state index is 0.512. The van der Waals surface area contributed by atoms with Crippen molar-refractivity contribution in [3.63, 3.8) is 0 Å². The maximum atomic E-state index is 5.58. The zero-order valence-electron chi connectivity index (χ0n) is 12.0. The van der Waals surface area contributed by atoms with Gasteiger partial charge in [-0.2, -0.15) is 0 Å². The SMILES string of the molecule is CCCCCCCC(COCCOC)NCC. The summed E-state index contributed by atoms with van der Waals surface area (Å²) < 4.78 is 10.5. The Morgan fingerprint density at radius 3 is 2.41 bits per heavy atom. The first-order valence-electron chi connectivity index (χ1n) is 7.15. The van der Waals surface area contributed by atoms with Crippen LogP contribution in [-0.4, -0.2) is 39.5 Å². The van der Waals surface area contributed by atoms with E-state index in [-0.39, 0.29) is 0 Å². The predicted octanol–water partition coefficient (Wildman–Crippen LogP) is 2.99. The van der Waals surface area contributed by atoms with E-state index in [1.54, 1.807) is 7.11 Å². The average Bonchev–Trinajstić information content (AvgIpc) is 2.34. The molecule has 0 heterocycles. The molecule has 0 rings (SSSR count). The van der Waals surface area contributed by atoms with Crippen molar-refractivity contribution >= 4 is 0 Å². The molecular weight excluding hydrogens is 214 g/mol. The van der Waals surface area contributed by atoms with E-state index in [4.69, 9.17) is 9.47 Å². The monoisotopic (exact) mass is 245 g/mol. The van der Waals surface area contributed by atoms with Gasteiger partial charge >= 0.3 is 0 Å². The number of nitrogens with one attached hydrogen (secondary N) is 1. The first kappa shape index (κ1) is 16.9. The lowest BCUT2D eigenvalue weighted by atomic mass is 10.1. The summed E-state index contributed by atoms with van der Waals surface area (Å²) in [5, 5.41) is 3.48. The second-order valence-corrected chi connectivity index (χ2v) is 4.53. The fourth-order valence-electron chi connectivity index (χ4n) is 1.90. The van der Waals surface area contributed by atoms with Crippen molar-refractivity contribution < 1.29 is 9.47 Å². The largest absolute Gasteiger partial charge is 0.382 e. The molecule has 0 radical (unpaired) electrons. The molecule has 0 aromatic rings. The van der Waals surface area contributed by atoms with Crippen molar-refractivity contribution in [2.75, 3.05) is 33.5 Å². The summed E-state index contributed by atoms with van der Waals surface area (Å²) >= 11 is 0. The van der Waals surface area contributed by atoms with Crippen LogP contribution >= 0.6 is 0 Å². The molecule has 1 unspecified atom stereocenters. The van der Waals surface area contributed by atoms with Gasteiger partial charge in [0.1, 0.15) is 0 Å². The highest BCUT2D eigenvalue weighted by Crippen LogP contribution is 2.07. The van der Waals surface area contributed by atoms with Crippen molar-refractivity contribution in [2.24, 2.45) is 0 Å². The van der Waals surface area contributed by atoms with Gasteiger partial charge in [0, 0.05) is 13.2 Å². The number of unbranched alkanes of at least 4 members (excludes halogenated alkanes) is 4. The molecule has 0 aliphatic rings. The van der Waals surface area contributed by atoms with Crippen molar-refractivity contribution in [3.05, 3.63) is 0 Å². The van der Waals surface area contributed by atoms with E-state index in [0.717, 1.165) is 13.2 Å². The van der Waals surface area contributed by atoms with Crippen LogP contribution in [0.4, 0.5) is 0 Å². The quantitative estimate of drug-likeness (QED) is 0.506. The third-order valence-corrected chi connectivity index (χ3v) is 2.90. The molecule has 0 aliphatic heterocycles. The first-order chi connectivity index (χ1) is 8.35. The molecule has 0 saturated heterocycles. The fourth-order valence-corrected chi connectivity index (χ4v) is 1.90. The molecule has 0 aromatic carbocycles. The second-order valence-electron chi connectivity index (χ2n) is 4.53. The third-order valence-electron chi connectivity index (χ3n) is 2.90. The number of hydrogen-bond donors (Lipinski definition) is 1. The Balaban J connectivity index is 3.45. The maximum Gasteiger partial charge on any atom is 0.0701 e. The van der Waals surface area contributed by atoms with Crippen LogP contribution in [0.2, 0.25) is 0 Å². The number of methoxy groups -OCH3 is 1. The van der Waals surface area contributed by atoms with E-state index in [9.17, 15) is 0 Å². The molecule has 3 heteroatoms. The average molecular weight is 245 g/mol. The van der Waals surface area contributed by atoms with Gasteiger partial charge in [-0.05, 0) is 13.0 Å². The molecule has 1 N–H and O–H groups in total. The summed E-state index contributed by atoms with van der Waals surface area (Å²) in [7, 11) is 1.71. The van der Waals surface area contributed by atoms with E-state index in [2.05, 4.69) is 19.2 Å². The Bertz CT molecular complexity index is 142. The van der Waals surface area contributed by atoms with Crippen LogP contribution in [-0.2, 0) is 9.47 Å². The topological polar surface area (TPSA) is 30.5 Å². The smallest absolute Gasteiger partial charge is 0.0701 e. The van der Waals surface area contributed by atoms with E-state index in [1.807, 2.05) is 0 Å². The molecule has 17 heavy (non-hydrogen) atoms. The van der Waals surface area contributed by atoms with Gasteiger partial charge in [-0.1, -0.05) is 46.0 Å². The van der Waals surface area contributed by atoms with Gasteiger partial charge < -0.3 is 14.8 Å². The summed E-state index contributed by atoms with van der Waals surface area (Å²) in [6.07, 6.45) is 7.95. The molecule has 0 fully saturated rings. The lowest BCUT2D eigenvalue weighted by Crippen LogP contribution is -2.33. The Morgan fingerprint density at radius 2 is 1.76 bits per heavy atom. The van der Waals surface area contributed by atoms with Gasteiger partial charge in [-0.3, -0.25) is 0 Å². The van der Waals surface area contributed by atoms with Crippen LogP contribution in [0.3, 0.4) is 0 Å². The Kier molecular flexibility index (Phi) is 13.8. The normalized spacial score (nSPS) is 12.9. The van der Waals surface area contributed by atoms with Crippen molar-refractivity contribution in [2.45, 2.75) is 58.4 Å². The van der Waals surface area contributed by atoms with Crippen molar-refractivity contribution in [1.82, 2.24) is 5.32 Å². The molecule has 0 saturated carbocycles. The molecule has 1 atom stereocenters. The van der Waals surface area contributed by atoms with Crippen LogP contribution in [0.15, 0.2) is 0 Å². The Hall–Kier alpha value is -0.120. The van der Waals surface area contributed by atoms with Gasteiger partial charge in [0.05, 0.1) is 19.8 Å². The van der Waals surface area contributed by atoms with Crippen molar-refractivity contribution in [1.29, 1.82) is 0 Å². The van der Waals surface area contributed by atoms with Gasteiger partial charge in [0.2, 0.25) is 0 Å². The molecule has 0 aromatic heterocycles. The van der Waals surface area contributed by atoms with Gasteiger partial charge in [-0.15, -0.1) is 0 Å². The van der Waals surface area contributed by atoms with Gasteiger partial charge in [0.25, 0.3) is 0 Å².